The van der Waals surface area contributed by atoms with Crippen molar-refractivity contribution in [1.82, 2.24) is 9.55 Å². The van der Waals surface area contributed by atoms with E-state index >= 15 is 0 Å². The standard InChI is InChI=1S/C14H15ClFN3/c1-3-7-19-12(4-2)18-13(14(19)17)10-6-5-9(16)8-11(10)15/h3,5-6,8H,1,4,7,17H2,2H3. The van der Waals surface area contributed by atoms with Gasteiger partial charge in [0.1, 0.15) is 23.2 Å². The van der Waals surface area contributed by atoms with Crippen LogP contribution in [0.1, 0.15) is 12.7 Å². The zero-order valence-electron chi connectivity index (χ0n) is 10.7. The second-order valence-electron chi connectivity index (χ2n) is 4.14. The van der Waals surface area contributed by atoms with E-state index in [1.54, 1.807) is 12.1 Å². The Kier molecular flexibility index (Phi) is 3.90. The highest BCUT2D eigenvalue weighted by Gasteiger charge is 2.16. The summed E-state index contributed by atoms with van der Waals surface area (Å²) in [6, 6.07) is 4.20. The van der Waals surface area contributed by atoms with Crippen molar-refractivity contribution in [1.29, 1.82) is 0 Å². The van der Waals surface area contributed by atoms with Crippen molar-refractivity contribution in [3.63, 3.8) is 0 Å². The Labute approximate surface area is 116 Å². The molecule has 0 aliphatic carbocycles. The number of rotatable bonds is 4. The Morgan fingerprint density at radius 1 is 1.53 bits per heavy atom. The number of benzene rings is 1. The van der Waals surface area contributed by atoms with E-state index in [2.05, 4.69) is 11.6 Å². The summed E-state index contributed by atoms with van der Waals surface area (Å²) in [5, 5.41) is 0.303. The number of anilines is 1. The number of nitrogens with zero attached hydrogens (tertiary/aromatic N) is 2. The largest absolute Gasteiger partial charge is 0.383 e. The van der Waals surface area contributed by atoms with Gasteiger partial charge in [-0.05, 0) is 18.2 Å². The fraction of sp³-hybridized carbons (Fsp3) is 0.214. The van der Waals surface area contributed by atoms with Crippen LogP contribution in [-0.4, -0.2) is 9.55 Å². The van der Waals surface area contributed by atoms with E-state index in [1.165, 1.54) is 12.1 Å². The first-order valence-electron chi connectivity index (χ1n) is 5.99. The molecule has 100 valence electrons. The highest BCUT2D eigenvalue weighted by Crippen LogP contribution is 2.32. The number of imidazole rings is 1. The van der Waals surface area contributed by atoms with Crippen LogP contribution in [0.15, 0.2) is 30.9 Å². The van der Waals surface area contributed by atoms with Crippen LogP contribution in [0.2, 0.25) is 5.02 Å². The predicted molar refractivity (Wildman–Crippen MR) is 76.6 cm³/mol. The summed E-state index contributed by atoms with van der Waals surface area (Å²) in [5.41, 5.74) is 7.33. The van der Waals surface area contributed by atoms with Gasteiger partial charge in [-0.15, -0.1) is 6.58 Å². The lowest BCUT2D eigenvalue weighted by Crippen LogP contribution is -2.05. The number of aryl methyl sites for hydroxylation is 1. The van der Waals surface area contributed by atoms with Crippen molar-refractivity contribution < 1.29 is 4.39 Å². The molecule has 0 amide bonds. The fourth-order valence-corrected chi connectivity index (χ4v) is 2.25. The van der Waals surface area contributed by atoms with Gasteiger partial charge in [0.15, 0.2) is 0 Å². The van der Waals surface area contributed by atoms with E-state index in [-0.39, 0.29) is 5.82 Å². The second kappa shape index (κ2) is 5.45. The summed E-state index contributed by atoms with van der Waals surface area (Å²) < 4.78 is 15.0. The van der Waals surface area contributed by atoms with Gasteiger partial charge in [-0.1, -0.05) is 24.6 Å². The summed E-state index contributed by atoms with van der Waals surface area (Å²) in [6.07, 6.45) is 2.50. The molecule has 0 spiro atoms. The van der Waals surface area contributed by atoms with Gasteiger partial charge in [-0.3, -0.25) is 0 Å². The third kappa shape index (κ3) is 2.49. The topological polar surface area (TPSA) is 43.8 Å². The van der Waals surface area contributed by atoms with Crippen LogP contribution in [0.4, 0.5) is 10.2 Å². The van der Waals surface area contributed by atoms with Crippen molar-refractivity contribution >= 4 is 17.4 Å². The minimum atomic E-state index is -0.381. The summed E-state index contributed by atoms with van der Waals surface area (Å²) in [6.45, 7) is 6.29. The number of nitrogens with two attached hydrogens (primary N) is 1. The molecule has 0 atom stereocenters. The van der Waals surface area contributed by atoms with E-state index in [4.69, 9.17) is 17.3 Å². The quantitative estimate of drug-likeness (QED) is 0.868. The monoisotopic (exact) mass is 279 g/mol. The van der Waals surface area contributed by atoms with Gasteiger partial charge in [0, 0.05) is 18.5 Å². The third-order valence-electron chi connectivity index (χ3n) is 2.90. The van der Waals surface area contributed by atoms with Crippen LogP contribution in [0, 0.1) is 5.82 Å². The van der Waals surface area contributed by atoms with Crippen LogP contribution in [0.5, 0.6) is 0 Å². The van der Waals surface area contributed by atoms with E-state index < -0.39 is 0 Å². The van der Waals surface area contributed by atoms with E-state index in [0.29, 0.717) is 28.6 Å². The molecule has 19 heavy (non-hydrogen) atoms. The number of nitrogen functional groups attached to an aromatic ring is 1. The lowest BCUT2D eigenvalue weighted by atomic mass is 10.1. The van der Waals surface area contributed by atoms with E-state index in [1.807, 2.05) is 11.5 Å². The van der Waals surface area contributed by atoms with Gasteiger partial charge < -0.3 is 10.3 Å². The zero-order chi connectivity index (χ0) is 14.0. The minimum absolute atomic E-state index is 0.303. The van der Waals surface area contributed by atoms with Crippen molar-refractivity contribution in [2.45, 2.75) is 19.9 Å². The number of hydrogen-bond donors (Lipinski definition) is 1. The molecule has 0 fully saturated rings. The maximum atomic E-state index is 13.1. The smallest absolute Gasteiger partial charge is 0.132 e. The highest BCUT2D eigenvalue weighted by atomic mass is 35.5. The summed E-state index contributed by atoms with van der Waals surface area (Å²) in [4.78, 5) is 4.49. The van der Waals surface area contributed by atoms with Gasteiger partial charge in [-0.2, -0.15) is 0 Å². The SMILES string of the molecule is C=CCn1c(CC)nc(-c2ccc(F)cc2Cl)c1N. The van der Waals surface area contributed by atoms with Crippen LogP contribution in [-0.2, 0) is 13.0 Å². The molecule has 3 nitrogen and oxygen atoms in total. The molecule has 1 aromatic heterocycles. The van der Waals surface area contributed by atoms with Crippen molar-refractivity contribution in [2.24, 2.45) is 0 Å². The molecule has 0 unspecified atom stereocenters. The summed E-state index contributed by atoms with van der Waals surface area (Å²) in [5.74, 6) is 0.992. The van der Waals surface area contributed by atoms with Gasteiger partial charge in [-0.25, -0.2) is 9.37 Å². The molecule has 0 aliphatic heterocycles. The fourth-order valence-electron chi connectivity index (χ4n) is 2.00. The maximum absolute atomic E-state index is 13.1. The molecular formula is C14H15ClFN3. The Balaban J connectivity index is 2.59. The first kappa shape index (κ1) is 13.6. The van der Waals surface area contributed by atoms with E-state index in [9.17, 15) is 4.39 Å². The Morgan fingerprint density at radius 2 is 2.26 bits per heavy atom. The maximum Gasteiger partial charge on any atom is 0.132 e. The summed E-state index contributed by atoms with van der Waals surface area (Å²) in [7, 11) is 0. The molecule has 2 rings (SSSR count). The van der Waals surface area contributed by atoms with Crippen molar-refractivity contribution in [3.8, 4) is 11.3 Å². The summed E-state index contributed by atoms with van der Waals surface area (Å²) >= 11 is 6.05. The van der Waals surface area contributed by atoms with Gasteiger partial charge in [0.25, 0.3) is 0 Å². The Morgan fingerprint density at radius 3 is 2.84 bits per heavy atom. The molecule has 2 aromatic rings. The van der Waals surface area contributed by atoms with Gasteiger partial charge in [0.2, 0.25) is 0 Å². The number of aromatic nitrogens is 2. The molecule has 0 saturated heterocycles. The molecule has 5 heteroatoms. The van der Waals surface area contributed by atoms with Gasteiger partial charge in [0.05, 0.1) is 5.02 Å². The molecule has 1 heterocycles. The average Bonchev–Trinajstić information content (AvgIpc) is 2.68. The van der Waals surface area contributed by atoms with Gasteiger partial charge >= 0.3 is 0 Å². The molecule has 2 N–H and O–H groups in total. The first-order chi connectivity index (χ1) is 9.08. The van der Waals surface area contributed by atoms with Crippen LogP contribution in [0.25, 0.3) is 11.3 Å². The first-order valence-corrected chi connectivity index (χ1v) is 6.37. The molecule has 0 saturated carbocycles. The zero-order valence-corrected chi connectivity index (χ0v) is 11.4. The average molecular weight is 280 g/mol. The molecule has 0 aliphatic rings. The molecular weight excluding hydrogens is 265 g/mol. The van der Waals surface area contributed by atoms with Crippen LogP contribution >= 0.6 is 11.6 Å². The predicted octanol–water partition coefficient (Wildman–Crippen LogP) is 3.67. The lowest BCUT2D eigenvalue weighted by molar-refractivity contribution is 0.628. The lowest BCUT2D eigenvalue weighted by Gasteiger charge is -2.06. The second-order valence-corrected chi connectivity index (χ2v) is 4.55. The highest BCUT2D eigenvalue weighted by molar-refractivity contribution is 6.33. The normalized spacial score (nSPS) is 10.7. The van der Waals surface area contributed by atoms with Crippen LogP contribution in [0.3, 0.4) is 0 Å². The Hall–Kier alpha value is -1.81. The third-order valence-corrected chi connectivity index (χ3v) is 3.21. The Bertz CT molecular complexity index is 619. The van der Waals surface area contributed by atoms with Crippen molar-refractivity contribution in [3.05, 3.63) is 47.5 Å². The molecule has 0 radical (unpaired) electrons. The number of hydrogen-bond acceptors (Lipinski definition) is 2. The minimum Gasteiger partial charge on any atom is -0.383 e. The number of allylic oxidation sites excluding steroid dienone is 1. The number of halogens is 2. The van der Waals surface area contributed by atoms with E-state index in [0.717, 1.165) is 12.2 Å². The molecule has 0 bridgehead atoms. The molecule has 1 aromatic carbocycles. The van der Waals surface area contributed by atoms with Crippen molar-refractivity contribution in [2.75, 3.05) is 5.73 Å². The van der Waals surface area contributed by atoms with Crippen LogP contribution < -0.4 is 5.73 Å².